The average molecular weight is 271 g/mol. The zero-order chi connectivity index (χ0) is 13.8. The molecule has 1 aliphatic heterocycles. The molecule has 1 saturated heterocycles. The molecule has 2 heterocycles. The zero-order valence-corrected chi connectivity index (χ0v) is 11.2. The summed E-state index contributed by atoms with van der Waals surface area (Å²) in [5, 5.41) is 0. The van der Waals surface area contributed by atoms with E-state index in [0.717, 1.165) is 30.7 Å². The lowest BCUT2D eigenvalue weighted by Crippen LogP contribution is -2.30. The van der Waals surface area contributed by atoms with Crippen molar-refractivity contribution >= 4 is 6.09 Å². The summed E-state index contributed by atoms with van der Waals surface area (Å²) in [6.07, 6.45) is 3.27. The molecule has 0 bridgehead atoms. The van der Waals surface area contributed by atoms with Gasteiger partial charge in [0.25, 0.3) is 0 Å². The molecule has 104 valence electrons. The molecule has 0 saturated carbocycles. The van der Waals surface area contributed by atoms with E-state index in [1.54, 1.807) is 11.2 Å². The highest BCUT2D eigenvalue weighted by Gasteiger charge is 2.32. The monoisotopic (exact) mass is 271 g/mol. The second kappa shape index (κ2) is 5.82. The maximum atomic E-state index is 12.2. The normalized spacial score (nSPS) is 18.2. The number of carbonyl (C=O) groups excluding carboxylic acids is 1. The van der Waals surface area contributed by atoms with Gasteiger partial charge in [0.2, 0.25) is 0 Å². The number of rotatable bonds is 3. The first-order valence-electron chi connectivity index (χ1n) is 6.85. The molecule has 0 spiro atoms. The third-order valence-electron chi connectivity index (χ3n) is 3.56. The molecule has 4 nitrogen and oxygen atoms in total. The van der Waals surface area contributed by atoms with Gasteiger partial charge >= 0.3 is 6.09 Å². The second-order valence-corrected chi connectivity index (χ2v) is 4.91. The third kappa shape index (κ3) is 2.69. The predicted octanol–water partition coefficient (Wildman–Crippen LogP) is 3.75. The van der Waals surface area contributed by atoms with Gasteiger partial charge in [0.15, 0.2) is 0 Å². The van der Waals surface area contributed by atoms with Crippen LogP contribution in [-0.4, -0.2) is 17.5 Å². The van der Waals surface area contributed by atoms with E-state index in [-0.39, 0.29) is 12.1 Å². The van der Waals surface area contributed by atoms with Crippen LogP contribution in [0, 0.1) is 0 Å². The van der Waals surface area contributed by atoms with Crippen LogP contribution in [0.5, 0.6) is 0 Å². The van der Waals surface area contributed by atoms with Crippen molar-refractivity contribution in [1.82, 2.24) is 4.90 Å². The summed E-state index contributed by atoms with van der Waals surface area (Å²) < 4.78 is 10.8. The summed E-state index contributed by atoms with van der Waals surface area (Å²) in [6.45, 7) is 1.03. The van der Waals surface area contributed by atoms with Crippen molar-refractivity contribution < 1.29 is 13.9 Å². The zero-order valence-electron chi connectivity index (χ0n) is 11.2. The largest absolute Gasteiger partial charge is 0.467 e. The van der Waals surface area contributed by atoms with Crippen LogP contribution in [-0.2, 0) is 11.3 Å². The molecule has 3 rings (SSSR count). The van der Waals surface area contributed by atoms with Gasteiger partial charge in [0, 0.05) is 6.54 Å². The number of ether oxygens (including phenoxy) is 1. The van der Waals surface area contributed by atoms with Crippen molar-refractivity contribution in [2.75, 3.05) is 6.54 Å². The Morgan fingerprint density at radius 1 is 1.25 bits per heavy atom. The van der Waals surface area contributed by atoms with Gasteiger partial charge in [-0.25, -0.2) is 4.79 Å². The Labute approximate surface area is 118 Å². The van der Waals surface area contributed by atoms with Crippen LogP contribution < -0.4 is 0 Å². The molecule has 1 aromatic carbocycles. The van der Waals surface area contributed by atoms with Crippen molar-refractivity contribution in [3.63, 3.8) is 0 Å². The summed E-state index contributed by atoms with van der Waals surface area (Å²) in [4.78, 5) is 13.9. The van der Waals surface area contributed by atoms with Gasteiger partial charge in [-0.2, -0.15) is 0 Å². The molecule has 0 radical (unpaired) electrons. The fraction of sp³-hybridized carbons (Fsp3) is 0.312. The minimum atomic E-state index is -0.271. The number of likely N-dealkylation sites (tertiary alicyclic amines) is 1. The molecule has 0 N–H and O–H groups in total. The van der Waals surface area contributed by atoms with Crippen LogP contribution in [0.25, 0.3) is 0 Å². The molecular formula is C16H17NO3. The smallest absolute Gasteiger partial charge is 0.410 e. The summed E-state index contributed by atoms with van der Waals surface area (Å²) in [5.41, 5.74) is 0.995. The fourth-order valence-corrected chi connectivity index (χ4v) is 2.56. The Balaban J connectivity index is 1.62. The lowest BCUT2D eigenvalue weighted by atomic mass is 10.2. The second-order valence-electron chi connectivity index (χ2n) is 4.91. The van der Waals surface area contributed by atoms with Gasteiger partial charge in [-0.3, -0.25) is 4.90 Å². The van der Waals surface area contributed by atoms with Crippen LogP contribution in [0.15, 0.2) is 53.1 Å². The van der Waals surface area contributed by atoms with E-state index in [2.05, 4.69) is 0 Å². The molecule has 1 aromatic heterocycles. The number of carbonyl (C=O) groups is 1. The van der Waals surface area contributed by atoms with E-state index in [1.165, 1.54) is 0 Å². The van der Waals surface area contributed by atoms with Crippen LogP contribution in [0.4, 0.5) is 4.79 Å². The Hall–Kier alpha value is -2.23. The highest BCUT2D eigenvalue weighted by atomic mass is 16.6. The van der Waals surface area contributed by atoms with Gasteiger partial charge in [0.1, 0.15) is 12.4 Å². The molecule has 1 amide bonds. The highest BCUT2D eigenvalue weighted by molar-refractivity contribution is 5.68. The maximum absolute atomic E-state index is 12.2. The number of hydrogen-bond acceptors (Lipinski definition) is 3. The van der Waals surface area contributed by atoms with E-state index in [4.69, 9.17) is 9.15 Å². The van der Waals surface area contributed by atoms with Crippen LogP contribution in [0.1, 0.15) is 30.2 Å². The van der Waals surface area contributed by atoms with E-state index in [9.17, 15) is 4.79 Å². The molecule has 1 atom stereocenters. The standard InChI is InChI=1S/C16H17NO3/c18-16(20-12-13-6-2-1-3-7-13)17-10-4-8-14(17)15-9-5-11-19-15/h1-3,5-7,9,11,14H,4,8,10,12H2. The first-order valence-corrected chi connectivity index (χ1v) is 6.85. The van der Waals surface area contributed by atoms with Gasteiger partial charge in [-0.1, -0.05) is 30.3 Å². The lowest BCUT2D eigenvalue weighted by molar-refractivity contribution is 0.0887. The summed E-state index contributed by atoms with van der Waals surface area (Å²) >= 11 is 0. The molecule has 2 aromatic rings. The number of furan rings is 1. The minimum absolute atomic E-state index is 0.00766. The molecule has 0 aliphatic carbocycles. The first kappa shape index (κ1) is 12.8. The summed E-state index contributed by atoms with van der Waals surface area (Å²) in [7, 11) is 0. The quantitative estimate of drug-likeness (QED) is 0.853. The molecule has 20 heavy (non-hydrogen) atoms. The topological polar surface area (TPSA) is 42.7 Å². The fourth-order valence-electron chi connectivity index (χ4n) is 2.56. The number of amides is 1. The van der Waals surface area contributed by atoms with Gasteiger partial charge < -0.3 is 9.15 Å². The molecule has 4 heteroatoms. The Morgan fingerprint density at radius 2 is 2.10 bits per heavy atom. The van der Waals surface area contributed by atoms with Crippen molar-refractivity contribution in [3.8, 4) is 0 Å². The van der Waals surface area contributed by atoms with E-state index >= 15 is 0 Å². The van der Waals surface area contributed by atoms with E-state index < -0.39 is 0 Å². The summed E-state index contributed by atoms with van der Waals surface area (Å²) in [5.74, 6) is 0.833. The average Bonchev–Trinajstić information content (AvgIpc) is 3.15. The number of nitrogens with zero attached hydrogens (tertiary/aromatic N) is 1. The van der Waals surface area contributed by atoms with Crippen LogP contribution in [0.2, 0.25) is 0 Å². The lowest BCUT2D eigenvalue weighted by Gasteiger charge is -2.22. The van der Waals surface area contributed by atoms with Crippen molar-refractivity contribution in [1.29, 1.82) is 0 Å². The third-order valence-corrected chi connectivity index (χ3v) is 3.56. The van der Waals surface area contributed by atoms with Crippen molar-refractivity contribution in [2.24, 2.45) is 0 Å². The first-order chi connectivity index (χ1) is 9.84. The SMILES string of the molecule is O=C(OCc1ccccc1)N1CCCC1c1ccco1. The minimum Gasteiger partial charge on any atom is -0.467 e. The molecule has 1 unspecified atom stereocenters. The maximum Gasteiger partial charge on any atom is 0.410 e. The van der Waals surface area contributed by atoms with E-state index in [0.29, 0.717) is 6.61 Å². The van der Waals surface area contributed by atoms with Gasteiger partial charge in [-0.15, -0.1) is 0 Å². The van der Waals surface area contributed by atoms with Gasteiger partial charge in [-0.05, 0) is 30.5 Å². The van der Waals surface area contributed by atoms with Crippen molar-refractivity contribution in [3.05, 3.63) is 60.1 Å². The van der Waals surface area contributed by atoms with Crippen LogP contribution >= 0.6 is 0 Å². The molecule has 1 aliphatic rings. The predicted molar refractivity (Wildman–Crippen MR) is 74.0 cm³/mol. The van der Waals surface area contributed by atoms with Crippen LogP contribution in [0.3, 0.4) is 0 Å². The highest BCUT2D eigenvalue weighted by Crippen LogP contribution is 2.32. The number of benzene rings is 1. The molecule has 1 fully saturated rings. The Kier molecular flexibility index (Phi) is 3.72. The van der Waals surface area contributed by atoms with Crippen molar-refractivity contribution in [2.45, 2.75) is 25.5 Å². The Morgan fingerprint density at radius 3 is 2.85 bits per heavy atom. The Bertz CT molecular complexity index is 550. The number of hydrogen-bond donors (Lipinski definition) is 0. The van der Waals surface area contributed by atoms with E-state index in [1.807, 2.05) is 42.5 Å². The molecular weight excluding hydrogens is 254 g/mol. The van der Waals surface area contributed by atoms with Gasteiger partial charge in [0.05, 0.1) is 12.3 Å². The summed E-state index contributed by atoms with van der Waals surface area (Å²) in [6, 6.07) is 13.5.